The molecule has 0 spiro atoms. The first kappa shape index (κ1) is 22.6. The molecule has 0 radical (unpaired) electrons. The molecule has 28 heavy (non-hydrogen) atoms. The summed E-state index contributed by atoms with van der Waals surface area (Å²) < 4.78 is 34.9. The number of methoxy groups -OCH3 is 2. The molecule has 0 aromatic heterocycles. The van der Waals surface area contributed by atoms with Gasteiger partial charge in [0.25, 0.3) is 0 Å². The van der Waals surface area contributed by atoms with E-state index in [2.05, 4.69) is 19.5 Å². The number of carbonyl (C=O) groups excluding carboxylic acids is 2. The van der Waals surface area contributed by atoms with Crippen LogP contribution in [0.3, 0.4) is 0 Å². The van der Waals surface area contributed by atoms with Gasteiger partial charge in [0.15, 0.2) is 0 Å². The Labute approximate surface area is 159 Å². The minimum Gasteiger partial charge on any atom is -0.465 e. The highest BCUT2D eigenvalue weighted by molar-refractivity contribution is 5.90. The lowest BCUT2D eigenvalue weighted by Crippen LogP contribution is -2.06. The van der Waals surface area contributed by atoms with Crippen LogP contribution in [-0.2, 0) is 22.6 Å². The van der Waals surface area contributed by atoms with Gasteiger partial charge in [0, 0.05) is 11.5 Å². The maximum absolute atomic E-state index is 13.1. The molecule has 8 nitrogen and oxygen atoms in total. The maximum atomic E-state index is 13.1. The molecule has 2 aromatic rings. The van der Waals surface area contributed by atoms with Crippen LogP contribution < -0.4 is 5.73 Å². The third-order valence-corrected chi connectivity index (χ3v) is 3.42. The summed E-state index contributed by atoms with van der Waals surface area (Å²) in [5, 5.41) is 3.30. The Hall–Kier alpha value is -3.49. The van der Waals surface area contributed by atoms with E-state index < -0.39 is 23.6 Å². The molecule has 0 amide bonds. The van der Waals surface area contributed by atoms with E-state index in [4.69, 9.17) is 11.3 Å². The number of ether oxygens (including phenoxy) is 2. The second kappa shape index (κ2) is 11.3. The summed E-state index contributed by atoms with van der Waals surface area (Å²) in [4.78, 5) is 24.7. The standard InChI is InChI=1S/C9H8FN3O2.C9H10FNO2/c1-15-9(14)7-4-6(5-12-13-11)2-3-8(7)10;1-13-9(12)7-4-6(5-11)2-3-8(7)10/h2-4H,5H2,1H3;2-4H,5,11H2,1H3. The number of halogens is 2. The topological polar surface area (TPSA) is 127 Å². The number of esters is 2. The summed E-state index contributed by atoms with van der Waals surface area (Å²) in [5.74, 6) is -2.70. The van der Waals surface area contributed by atoms with Gasteiger partial charge in [0.2, 0.25) is 0 Å². The fourth-order valence-corrected chi connectivity index (χ4v) is 2.02. The van der Waals surface area contributed by atoms with Crippen molar-refractivity contribution in [1.29, 1.82) is 0 Å². The van der Waals surface area contributed by atoms with E-state index in [9.17, 15) is 18.4 Å². The Balaban J connectivity index is 0.000000283. The van der Waals surface area contributed by atoms with Crippen molar-refractivity contribution in [2.45, 2.75) is 13.1 Å². The molecule has 148 valence electrons. The third kappa shape index (κ3) is 6.35. The highest BCUT2D eigenvalue weighted by Gasteiger charge is 2.12. The monoisotopic (exact) mass is 392 g/mol. The number of carbonyl (C=O) groups is 2. The highest BCUT2D eigenvalue weighted by Crippen LogP contribution is 2.13. The third-order valence-electron chi connectivity index (χ3n) is 3.42. The van der Waals surface area contributed by atoms with Gasteiger partial charge < -0.3 is 15.2 Å². The first-order chi connectivity index (χ1) is 13.4. The molecule has 0 atom stereocenters. The summed E-state index contributed by atoms with van der Waals surface area (Å²) in [6, 6.07) is 8.00. The fraction of sp³-hybridized carbons (Fsp3) is 0.222. The second-order valence-electron chi connectivity index (χ2n) is 5.20. The molecule has 0 aliphatic rings. The zero-order valence-electron chi connectivity index (χ0n) is 15.2. The van der Waals surface area contributed by atoms with E-state index in [0.717, 1.165) is 6.07 Å². The minimum atomic E-state index is -0.754. The highest BCUT2D eigenvalue weighted by atomic mass is 19.1. The molecule has 0 aliphatic carbocycles. The average molecular weight is 392 g/mol. The first-order valence-corrected chi connectivity index (χ1v) is 7.82. The van der Waals surface area contributed by atoms with Gasteiger partial charge in [0.1, 0.15) is 11.6 Å². The van der Waals surface area contributed by atoms with Crippen molar-refractivity contribution in [3.05, 3.63) is 80.7 Å². The van der Waals surface area contributed by atoms with Gasteiger partial charge in [-0.15, -0.1) is 0 Å². The van der Waals surface area contributed by atoms with Crippen LogP contribution in [0.5, 0.6) is 0 Å². The van der Waals surface area contributed by atoms with Crippen molar-refractivity contribution in [3.63, 3.8) is 0 Å². The van der Waals surface area contributed by atoms with E-state index in [-0.39, 0.29) is 24.2 Å². The number of nitrogens with two attached hydrogens (primary N) is 1. The summed E-state index contributed by atoms with van der Waals surface area (Å²) in [7, 11) is 2.37. The van der Waals surface area contributed by atoms with Gasteiger partial charge in [-0.2, -0.15) is 0 Å². The van der Waals surface area contributed by atoms with Crippen molar-refractivity contribution >= 4 is 11.9 Å². The largest absolute Gasteiger partial charge is 0.465 e. The summed E-state index contributed by atoms with van der Waals surface area (Å²) in [6.07, 6.45) is 0. The fourth-order valence-electron chi connectivity index (χ4n) is 2.02. The Kier molecular flexibility index (Phi) is 9.08. The van der Waals surface area contributed by atoms with Crippen LogP contribution in [-0.4, -0.2) is 26.2 Å². The quantitative estimate of drug-likeness (QED) is 0.360. The number of azide groups is 1. The second-order valence-corrected chi connectivity index (χ2v) is 5.20. The van der Waals surface area contributed by atoms with Crippen molar-refractivity contribution in [1.82, 2.24) is 0 Å². The van der Waals surface area contributed by atoms with Gasteiger partial charge in [0.05, 0.1) is 31.9 Å². The first-order valence-electron chi connectivity index (χ1n) is 7.82. The van der Waals surface area contributed by atoms with Crippen LogP contribution >= 0.6 is 0 Å². The molecule has 2 aromatic carbocycles. The molecular weight excluding hydrogens is 374 g/mol. The van der Waals surface area contributed by atoms with E-state index in [1.54, 1.807) is 0 Å². The SMILES string of the molecule is COC(=O)c1cc(CN)ccc1F.COC(=O)c1cc(CN=[N+]=[N-])ccc1F. The van der Waals surface area contributed by atoms with E-state index in [1.165, 1.54) is 44.6 Å². The molecule has 10 heteroatoms. The molecule has 0 aliphatic heterocycles. The lowest BCUT2D eigenvalue weighted by Gasteiger charge is -2.02. The predicted octanol–water partition coefficient (Wildman–Crippen LogP) is 3.49. The molecule has 0 bridgehead atoms. The molecule has 0 unspecified atom stereocenters. The van der Waals surface area contributed by atoms with Gasteiger partial charge in [-0.05, 0) is 40.9 Å². The summed E-state index contributed by atoms with van der Waals surface area (Å²) >= 11 is 0. The van der Waals surface area contributed by atoms with Crippen LogP contribution in [0.4, 0.5) is 8.78 Å². The molecule has 2 N–H and O–H groups in total. The van der Waals surface area contributed by atoms with Crippen LogP contribution in [0.1, 0.15) is 31.8 Å². The van der Waals surface area contributed by atoms with Crippen LogP contribution in [0.25, 0.3) is 10.4 Å². The van der Waals surface area contributed by atoms with Crippen molar-refractivity contribution in [2.24, 2.45) is 10.8 Å². The number of rotatable bonds is 5. The van der Waals surface area contributed by atoms with Crippen molar-refractivity contribution < 1.29 is 27.8 Å². The van der Waals surface area contributed by atoms with Gasteiger partial charge in [-0.25, -0.2) is 18.4 Å². The van der Waals surface area contributed by atoms with Crippen LogP contribution in [0, 0.1) is 11.6 Å². The minimum absolute atomic E-state index is 0.0702. The smallest absolute Gasteiger partial charge is 0.340 e. The maximum Gasteiger partial charge on any atom is 0.340 e. The van der Waals surface area contributed by atoms with Crippen molar-refractivity contribution in [3.8, 4) is 0 Å². The Morgan fingerprint density at radius 2 is 1.46 bits per heavy atom. The number of nitrogens with zero attached hydrogens (tertiary/aromatic N) is 3. The molecule has 0 saturated carbocycles. The molecule has 0 saturated heterocycles. The Morgan fingerprint density at radius 3 is 1.89 bits per heavy atom. The Morgan fingerprint density at radius 1 is 1.00 bits per heavy atom. The average Bonchev–Trinajstić information content (AvgIpc) is 2.72. The van der Waals surface area contributed by atoms with E-state index in [1.807, 2.05) is 0 Å². The molecule has 2 rings (SSSR count). The van der Waals surface area contributed by atoms with E-state index in [0.29, 0.717) is 11.1 Å². The van der Waals surface area contributed by atoms with Gasteiger partial charge in [-0.3, -0.25) is 0 Å². The number of benzene rings is 2. The predicted molar refractivity (Wildman–Crippen MR) is 96.2 cm³/mol. The lowest BCUT2D eigenvalue weighted by molar-refractivity contribution is 0.0586. The van der Waals surface area contributed by atoms with Gasteiger partial charge in [-0.1, -0.05) is 17.2 Å². The molecule has 0 heterocycles. The molecular formula is C18H18F2N4O4. The number of hydrogen-bond donors (Lipinski definition) is 1. The van der Waals surface area contributed by atoms with Crippen molar-refractivity contribution in [2.75, 3.05) is 14.2 Å². The normalized spacial score (nSPS) is 9.46. The van der Waals surface area contributed by atoms with Crippen LogP contribution in [0.2, 0.25) is 0 Å². The zero-order chi connectivity index (χ0) is 21.1. The van der Waals surface area contributed by atoms with Crippen LogP contribution in [0.15, 0.2) is 41.5 Å². The molecule has 0 fully saturated rings. The lowest BCUT2D eigenvalue weighted by atomic mass is 10.1. The summed E-state index contributed by atoms with van der Waals surface area (Å²) in [5.41, 5.74) is 14.4. The summed E-state index contributed by atoms with van der Waals surface area (Å²) in [6.45, 7) is 0.338. The number of hydrogen-bond acceptors (Lipinski definition) is 6. The zero-order valence-corrected chi connectivity index (χ0v) is 15.2. The Bertz CT molecular complexity index is 899. The van der Waals surface area contributed by atoms with Gasteiger partial charge >= 0.3 is 11.9 Å². The van der Waals surface area contributed by atoms with E-state index >= 15 is 0 Å².